The topological polar surface area (TPSA) is 90.7 Å². The Morgan fingerprint density at radius 1 is 1.33 bits per heavy atom. The summed E-state index contributed by atoms with van der Waals surface area (Å²) < 4.78 is 37.2. The zero-order chi connectivity index (χ0) is 15.8. The third kappa shape index (κ3) is 3.13. The highest BCUT2D eigenvalue weighted by atomic mass is 19.4. The molecule has 1 amide bonds. The Hall–Kier alpha value is -2.16. The lowest BCUT2D eigenvalue weighted by Gasteiger charge is -2.20. The molecule has 2 atom stereocenters. The monoisotopic (exact) mass is 304 g/mol. The predicted molar refractivity (Wildman–Crippen MR) is 62.3 cm³/mol. The van der Waals surface area contributed by atoms with Crippen molar-refractivity contribution in [1.29, 1.82) is 0 Å². The molecule has 2 N–H and O–H groups in total. The van der Waals surface area contributed by atoms with Gasteiger partial charge in [-0.2, -0.15) is 13.2 Å². The normalized spacial score (nSPS) is 22.4. The van der Waals surface area contributed by atoms with Gasteiger partial charge in [0.05, 0.1) is 11.7 Å². The Kier molecular flexibility index (Phi) is 3.86. The SMILES string of the molecule is O=C(O)[C@@H]1C[C@@H](O)CN1C(=O)c1ccc(C(F)(F)F)cn1. The Balaban J connectivity index is 2.22. The van der Waals surface area contributed by atoms with E-state index in [2.05, 4.69) is 4.98 Å². The fourth-order valence-electron chi connectivity index (χ4n) is 2.11. The van der Waals surface area contributed by atoms with E-state index < -0.39 is 35.8 Å². The van der Waals surface area contributed by atoms with E-state index in [-0.39, 0.29) is 18.7 Å². The van der Waals surface area contributed by atoms with Gasteiger partial charge in [0.2, 0.25) is 0 Å². The minimum absolute atomic E-state index is 0.123. The van der Waals surface area contributed by atoms with Crippen molar-refractivity contribution in [2.45, 2.75) is 24.7 Å². The molecule has 0 radical (unpaired) electrons. The van der Waals surface area contributed by atoms with Crippen LogP contribution in [0.5, 0.6) is 0 Å². The first kappa shape index (κ1) is 15.2. The molecule has 0 aromatic carbocycles. The van der Waals surface area contributed by atoms with Crippen molar-refractivity contribution in [1.82, 2.24) is 9.88 Å². The molecule has 1 fully saturated rings. The first-order chi connectivity index (χ1) is 9.70. The molecule has 2 rings (SSSR count). The number of carboxylic acid groups (broad SMARTS) is 1. The molecular weight excluding hydrogens is 293 g/mol. The van der Waals surface area contributed by atoms with Crippen molar-refractivity contribution in [3.63, 3.8) is 0 Å². The summed E-state index contributed by atoms with van der Waals surface area (Å²) >= 11 is 0. The van der Waals surface area contributed by atoms with E-state index in [1.165, 1.54) is 0 Å². The van der Waals surface area contributed by atoms with Gasteiger partial charge in [-0.05, 0) is 12.1 Å². The largest absolute Gasteiger partial charge is 0.480 e. The molecule has 0 unspecified atom stereocenters. The minimum atomic E-state index is -4.57. The maximum Gasteiger partial charge on any atom is 0.417 e. The van der Waals surface area contributed by atoms with Crippen molar-refractivity contribution in [3.05, 3.63) is 29.6 Å². The Labute approximate surface area is 116 Å². The fraction of sp³-hybridized carbons (Fsp3) is 0.417. The number of amides is 1. The van der Waals surface area contributed by atoms with E-state index in [9.17, 15) is 27.9 Å². The summed E-state index contributed by atoms with van der Waals surface area (Å²) in [6.07, 6.45) is -5.16. The molecule has 21 heavy (non-hydrogen) atoms. The average molecular weight is 304 g/mol. The standard InChI is InChI=1S/C12H11F3N2O4/c13-12(14,15)6-1-2-8(16-4-6)10(19)17-5-7(18)3-9(17)11(20)21/h1-2,4,7,9,18H,3,5H2,(H,20,21)/t7-,9+/m1/s1. The van der Waals surface area contributed by atoms with Gasteiger partial charge in [0.25, 0.3) is 5.91 Å². The van der Waals surface area contributed by atoms with Crippen molar-refractivity contribution in [2.24, 2.45) is 0 Å². The van der Waals surface area contributed by atoms with Crippen molar-refractivity contribution in [2.75, 3.05) is 6.54 Å². The number of aliphatic carboxylic acids is 1. The molecule has 1 aliphatic heterocycles. The van der Waals surface area contributed by atoms with Crippen molar-refractivity contribution >= 4 is 11.9 Å². The lowest BCUT2D eigenvalue weighted by atomic mass is 10.2. The number of nitrogens with zero attached hydrogens (tertiary/aromatic N) is 2. The Morgan fingerprint density at radius 3 is 2.48 bits per heavy atom. The van der Waals surface area contributed by atoms with E-state index in [0.29, 0.717) is 12.3 Å². The van der Waals surface area contributed by atoms with Crippen LogP contribution in [0, 0.1) is 0 Å². The van der Waals surface area contributed by atoms with Gasteiger partial charge in [0.15, 0.2) is 0 Å². The third-order valence-corrected chi connectivity index (χ3v) is 3.13. The van der Waals surface area contributed by atoms with Crippen LogP contribution in [-0.4, -0.2) is 50.7 Å². The second kappa shape index (κ2) is 5.32. The van der Waals surface area contributed by atoms with E-state index in [4.69, 9.17) is 5.11 Å². The van der Waals surface area contributed by atoms with Crippen LogP contribution >= 0.6 is 0 Å². The summed E-state index contributed by atoms with van der Waals surface area (Å²) in [5, 5.41) is 18.4. The number of carboxylic acids is 1. The molecule has 1 saturated heterocycles. The van der Waals surface area contributed by atoms with Gasteiger partial charge in [-0.1, -0.05) is 0 Å². The summed E-state index contributed by atoms with van der Waals surface area (Å²) in [7, 11) is 0. The van der Waals surface area contributed by atoms with Gasteiger partial charge in [0.1, 0.15) is 11.7 Å². The molecule has 2 heterocycles. The average Bonchev–Trinajstić information content (AvgIpc) is 2.79. The second-order valence-corrected chi connectivity index (χ2v) is 4.63. The lowest BCUT2D eigenvalue weighted by molar-refractivity contribution is -0.141. The molecular formula is C12H11F3N2O4. The summed E-state index contributed by atoms with van der Waals surface area (Å²) in [5.41, 5.74) is -1.31. The van der Waals surface area contributed by atoms with Gasteiger partial charge in [-0.25, -0.2) is 4.79 Å². The molecule has 0 bridgehead atoms. The van der Waals surface area contributed by atoms with Gasteiger partial charge in [-0.3, -0.25) is 9.78 Å². The maximum atomic E-state index is 12.4. The molecule has 1 aliphatic rings. The lowest BCUT2D eigenvalue weighted by Crippen LogP contribution is -2.40. The first-order valence-corrected chi connectivity index (χ1v) is 5.95. The molecule has 6 nitrogen and oxygen atoms in total. The number of aliphatic hydroxyl groups is 1. The fourth-order valence-corrected chi connectivity index (χ4v) is 2.11. The van der Waals surface area contributed by atoms with Crippen molar-refractivity contribution in [3.8, 4) is 0 Å². The molecule has 0 aliphatic carbocycles. The van der Waals surface area contributed by atoms with Crippen LogP contribution in [0.25, 0.3) is 0 Å². The summed E-state index contributed by atoms with van der Waals surface area (Å²) in [6.45, 7) is -0.196. The number of carbonyl (C=O) groups is 2. The van der Waals surface area contributed by atoms with Gasteiger partial charge < -0.3 is 15.1 Å². The maximum absolute atomic E-state index is 12.4. The molecule has 114 valence electrons. The second-order valence-electron chi connectivity index (χ2n) is 4.63. The highest BCUT2D eigenvalue weighted by Crippen LogP contribution is 2.28. The highest BCUT2D eigenvalue weighted by molar-refractivity contribution is 5.95. The molecule has 0 spiro atoms. The van der Waals surface area contributed by atoms with Crippen molar-refractivity contribution < 1.29 is 33.0 Å². The number of carbonyl (C=O) groups excluding carboxylic acids is 1. The number of β-amino-alcohol motifs (C(OH)–C–C–N with tert-alkyl or cyclic N) is 1. The zero-order valence-electron chi connectivity index (χ0n) is 10.5. The highest BCUT2D eigenvalue weighted by Gasteiger charge is 2.40. The smallest absolute Gasteiger partial charge is 0.417 e. The zero-order valence-corrected chi connectivity index (χ0v) is 10.5. The van der Waals surface area contributed by atoms with Gasteiger partial charge >= 0.3 is 12.1 Å². The quantitative estimate of drug-likeness (QED) is 0.842. The van der Waals surface area contributed by atoms with Crippen LogP contribution < -0.4 is 0 Å². The molecule has 9 heteroatoms. The number of alkyl halides is 3. The van der Waals surface area contributed by atoms with Crippen LogP contribution in [0.2, 0.25) is 0 Å². The third-order valence-electron chi connectivity index (χ3n) is 3.13. The number of pyridine rings is 1. The molecule has 1 aromatic rings. The minimum Gasteiger partial charge on any atom is -0.480 e. The number of halogens is 3. The number of likely N-dealkylation sites (tertiary alicyclic amines) is 1. The Morgan fingerprint density at radius 2 is 2.00 bits per heavy atom. The van der Waals surface area contributed by atoms with Crippen LogP contribution in [0.1, 0.15) is 22.5 Å². The van der Waals surface area contributed by atoms with Crippen LogP contribution in [0.15, 0.2) is 18.3 Å². The first-order valence-electron chi connectivity index (χ1n) is 5.95. The van der Waals surface area contributed by atoms with Crippen LogP contribution in [-0.2, 0) is 11.0 Å². The van der Waals surface area contributed by atoms with Gasteiger partial charge in [-0.15, -0.1) is 0 Å². The van der Waals surface area contributed by atoms with E-state index >= 15 is 0 Å². The van der Waals surface area contributed by atoms with Gasteiger partial charge in [0, 0.05) is 19.2 Å². The summed E-state index contributed by atoms with van der Waals surface area (Å²) in [6, 6.07) is 0.369. The van der Waals surface area contributed by atoms with E-state index in [1.807, 2.05) is 0 Å². The Bertz CT molecular complexity index is 559. The number of rotatable bonds is 2. The summed E-state index contributed by atoms with van der Waals surface area (Å²) in [5.74, 6) is -2.11. The van der Waals surface area contributed by atoms with E-state index in [1.54, 1.807) is 0 Å². The predicted octanol–water partition coefficient (Wildman–Crippen LogP) is 0.760. The van der Waals surface area contributed by atoms with Crippen LogP contribution in [0.3, 0.4) is 0 Å². The molecule has 0 saturated carbocycles. The number of aromatic nitrogens is 1. The number of hydrogen-bond donors (Lipinski definition) is 2. The van der Waals surface area contributed by atoms with Crippen LogP contribution in [0.4, 0.5) is 13.2 Å². The molecule has 1 aromatic heterocycles. The summed E-state index contributed by atoms with van der Waals surface area (Å²) in [4.78, 5) is 27.4. The van der Waals surface area contributed by atoms with E-state index in [0.717, 1.165) is 11.0 Å². The number of aliphatic hydroxyl groups excluding tert-OH is 1. The number of hydrogen-bond acceptors (Lipinski definition) is 4.